The van der Waals surface area contributed by atoms with Gasteiger partial charge in [0.15, 0.2) is 57.1 Å². The van der Waals surface area contributed by atoms with E-state index in [-0.39, 0.29) is 109 Å². The van der Waals surface area contributed by atoms with Crippen molar-refractivity contribution in [1.82, 2.24) is 30.2 Å². The molecular formula is C83H88AgN10O22S2. The van der Waals surface area contributed by atoms with Crippen molar-refractivity contribution in [2.75, 3.05) is 79.7 Å². The molecule has 16 heterocycles. The van der Waals surface area contributed by atoms with Crippen LogP contribution in [0.3, 0.4) is 0 Å². The van der Waals surface area contributed by atoms with E-state index in [1.54, 1.807) is 14.2 Å². The third kappa shape index (κ3) is 12.0. The largest absolute Gasteiger partial charge is 0.504 e. The second kappa shape index (κ2) is 30.3. The number of fused-ring (bicyclic) bond motifs is 22. The Labute approximate surface area is 700 Å². The molecule has 14 aliphatic heterocycles. The predicted octanol–water partition coefficient (Wildman–Crippen LogP) is 7.77. The number of aryl methyl sites for hydroxylation is 2. The third-order valence-electron chi connectivity index (χ3n) is 25.9. The molecular weight excluding hydrogens is 1660 g/mol. The van der Waals surface area contributed by atoms with Crippen LogP contribution in [0.2, 0.25) is 0 Å². The molecule has 32 nitrogen and oxygen atoms in total. The maximum atomic E-state index is 15.0. The van der Waals surface area contributed by atoms with Gasteiger partial charge in [0, 0.05) is 157 Å². The molecule has 16 atom stereocenters. The standard InChI is InChI=1S/C42H43N5O9S.C41H44N4O10S.Ag.HNO3/c1-18-10-21-11-25-26(14-44)47-27-15-52-41(50)42(40-24(12-22(13-43)45-42)23-8-6-7-9-28(23)56-40)16-57-39(33(47)32(46(25)4)29(21)34(49)35(18)51-5)31-30(27)38-37(53-17-54-38)19(2)36(31)55-20(3)48;1-17-10-20-11-24-39(48)45-25-14-51-40(49)41(38-23(12-21(13-42)43-41)22-8-6-7-9-26(22)55-38)15-56-37(31(45)30(44(24)4)27(20)32(47)33(17)50-5)29-28(25)36-35(52-16-53-36)18(2)34(29)54-19(3)46;;2-1(3)4/h6-10,22,25-27,32-33,39,45,49H,11-13,15-17,43H2,1-5H3;6-10,21,24-25,30-31,37,39,43,47-48H,11-16,42H2,1-5H3;;(H,2,3,4)/t22-,25+,26+,27+,32-,33-,39-,42-;21-,24+,25+,30-,31-,37-,39+,41-;;/m11../s1. The van der Waals surface area contributed by atoms with E-state index in [9.17, 15) is 35.0 Å². The number of nitrogens with zero attached hydrogens (tertiary/aromatic N) is 6. The number of esters is 4. The van der Waals surface area contributed by atoms with Crippen LogP contribution >= 0.6 is 23.5 Å². The second-order valence-corrected chi connectivity index (χ2v) is 34.2. The second-order valence-electron chi connectivity index (χ2n) is 31.9. The SMILES string of the molecule is COc1c(C)cc2c(c1O)[C@@H]1[C@@H]3[C@@H]4SC[C@]5(N[C@@H](CN)Cc6c5oc5ccccc65)C(=O)OC[C@@H](c5c6c(c(C)c(OC(C)=O)c54)OCO6)N3[C@@H](C#N)[C@H](C2)N1C.COc1c(C)cc2c(c1O)[C@@H]1[C@@H]3[C@@H]4SC[C@]5(N[C@@H](CN)Cc6c5oc5ccccc65)C(=O)OC[C@@H](c5c6c(c(C)c(OC(C)=O)c54)OCO6)N3[C@@H](O)[C@H](C2)N1C.O=[N+]([O-])O.[Ag]. The van der Waals surface area contributed by atoms with Gasteiger partial charge in [-0.3, -0.25) is 39.8 Å². The Kier molecular flexibility index (Phi) is 20.8. The number of piperazine rings is 2. The quantitative estimate of drug-likeness (QED) is 0.0259. The van der Waals surface area contributed by atoms with Gasteiger partial charge in [-0.1, -0.05) is 48.5 Å². The average Bonchev–Trinajstić information content (AvgIpc) is 0.817. The van der Waals surface area contributed by atoms with Gasteiger partial charge in [0.05, 0.1) is 61.0 Å². The number of nitrogens with one attached hydrogen (secondary N) is 2. The maximum Gasteiger partial charge on any atom is 0.335 e. The van der Waals surface area contributed by atoms with Crippen LogP contribution in [0.5, 0.6) is 57.5 Å². The first kappa shape index (κ1) is 80.8. The fourth-order valence-electron chi connectivity index (χ4n) is 21.3. The minimum Gasteiger partial charge on any atom is -0.504 e. The van der Waals surface area contributed by atoms with Gasteiger partial charge in [0.1, 0.15) is 59.7 Å². The summed E-state index contributed by atoms with van der Waals surface area (Å²) in [5.74, 6) is 2.48. The van der Waals surface area contributed by atoms with Gasteiger partial charge in [-0.15, -0.1) is 33.6 Å². The molecule has 1 radical (unpaired) electrons. The fraction of sp³-hybridized carbons (Fsp3) is 0.458. The number of likely N-dealkylation sites (N-methyl/N-ethyl adjacent to an activating group) is 2. The molecule has 0 amide bonds. The average molecular weight is 1750 g/mol. The first-order chi connectivity index (χ1) is 56.2. The molecule has 8 aromatic rings. The zero-order valence-electron chi connectivity index (χ0n) is 65.9. The number of carbonyl (C=O) groups is 4. The van der Waals surface area contributed by atoms with Crippen LogP contribution in [-0.2, 0) is 87.8 Å². The number of carbonyl (C=O) groups excluding carboxylic acids is 4. The molecule has 22 rings (SSSR count). The number of rotatable bonds is 6. The van der Waals surface area contributed by atoms with Crippen LogP contribution in [-0.4, -0.2) is 197 Å². The number of thioether (sulfide) groups is 2. The van der Waals surface area contributed by atoms with Crippen molar-refractivity contribution in [3.05, 3.63) is 160 Å². The topological polar surface area (TPSA) is 424 Å². The number of nitriles is 1. The van der Waals surface area contributed by atoms with Gasteiger partial charge in [-0.25, -0.2) is 9.59 Å². The number of methoxy groups -OCH3 is 2. The molecule has 118 heavy (non-hydrogen) atoms. The smallest absolute Gasteiger partial charge is 0.335 e. The van der Waals surface area contributed by atoms with Crippen LogP contribution < -0.4 is 60.0 Å². The summed E-state index contributed by atoms with van der Waals surface area (Å²) in [6.07, 6.45) is 1.02. The van der Waals surface area contributed by atoms with Crippen molar-refractivity contribution in [2.24, 2.45) is 11.5 Å². The molecule has 4 saturated heterocycles. The molecule has 0 unspecified atom stereocenters. The number of phenols is 2. The number of furan rings is 2. The molecule has 14 aliphatic rings. The third-order valence-corrected chi connectivity index (χ3v) is 28.8. The van der Waals surface area contributed by atoms with E-state index in [4.69, 9.17) is 83.0 Å². The minimum absolute atomic E-state index is 0. The number of nitrogens with two attached hydrogens (primary N) is 2. The number of para-hydroxylation sites is 2. The van der Waals surface area contributed by atoms with E-state index < -0.39 is 99.1 Å². The van der Waals surface area contributed by atoms with E-state index in [1.807, 2.05) is 101 Å². The Balaban J connectivity index is 0.000000161. The van der Waals surface area contributed by atoms with Crippen LogP contribution in [0.25, 0.3) is 21.9 Å². The van der Waals surface area contributed by atoms with Gasteiger partial charge < -0.3 is 88.2 Å². The van der Waals surface area contributed by atoms with Crippen molar-refractivity contribution >= 4 is 69.3 Å². The van der Waals surface area contributed by atoms with Gasteiger partial charge in [0.25, 0.3) is 5.09 Å². The zero-order valence-corrected chi connectivity index (χ0v) is 69.1. The van der Waals surface area contributed by atoms with Crippen LogP contribution in [0, 0.1) is 49.1 Å². The minimum atomic E-state index is -1.50. The molecule has 35 heteroatoms. The molecule has 0 aliphatic carbocycles. The summed E-state index contributed by atoms with van der Waals surface area (Å²) in [4.78, 5) is 72.8. The van der Waals surface area contributed by atoms with E-state index in [0.29, 0.717) is 139 Å². The van der Waals surface area contributed by atoms with E-state index >= 15 is 4.79 Å². The van der Waals surface area contributed by atoms with Crippen LogP contribution in [0.1, 0.15) is 138 Å². The summed E-state index contributed by atoms with van der Waals surface area (Å²) in [5.41, 5.74) is 21.7. The molecule has 625 valence electrons. The van der Waals surface area contributed by atoms with Gasteiger partial charge in [-0.2, -0.15) is 5.26 Å². The fourth-order valence-corrected chi connectivity index (χ4v) is 24.6. The monoisotopic (exact) mass is 1750 g/mol. The Morgan fingerprint density at radius 1 is 0.627 bits per heavy atom. The molecule has 8 bridgehead atoms. The zero-order chi connectivity index (χ0) is 82.2. The number of hydrogen-bond donors (Lipinski definition) is 8. The number of benzene rings is 6. The van der Waals surface area contributed by atoms with Crippen LogP contribution in [0.4, 0.5) is 0 Å². The Hall–Kier alpha value is -9.55. The molecule has 2 aromatic heterocycles. The van der Waals surface area contributed by atoms with Crippen LogP contribution in [0.15, 0.2) is 69.5 Å². The molecule has 10 N–H and O–H groups in total. The van der Waals surface area contributed by atoms with Crippen molar-refractivity contribution in [3.63, 3.8) is 0 Å². The van der Waals surface area contributed by atoms with Crippen molar-refractivity contribution < 1.29 is 123 Å². The van der Waals surface area contributed by atoms with Gasteiger partial charge >= 0.3 is 23.9 Å². The number of phenolic OH excluding ortho intramolecular Hbond substituents is 2. The van der Waals surface area contributed by atoms with Gasteiger partial charge in [-0.05, 0) is 102 Å². The maximum absolute atomic E-state index is 15.0. The summed E-state index contributed by atoms with van der Waals surface area (Å²) in [6, 6.07) is 16.7. The van der Waals surface area contributed by atoms with Crippen molar-refractivity contribution in [3.8, 4) is 63.6 Å². The molecule has 4 fully saturated rings. The molecule has 6 aromatic carbocycles. The number of aliphatic hydroxyl groups excluding tert-OH is 1. The molecule has 0 saturated carbocycles. The Morgan fingerprint density at radius 2 is 1.03 bits per heavy atom. The van der Waals surface area contributed by atoms with E-state index in [1.165, 1.54) is 37.4 Å². The summed E-state index contributed by atoms with van der Waals surface area (Å²) in [6.45, 7) is 10.2. The Morgan fingerprint density at radius 3 is 1.46 bits per heavy atom. The van der Waals surface area contributed by atoms with E-state index in [2.05, 4.69) is 37.5 Å². The predicted molar refractivity (Wildman–Crippen MR) is 420 cm³/mol. The number of aliphatic hydroxyl groups is 1. The number of aromatic hydroxyl groups is 2. The normalized spacial score (nSPS) is 29.0. The molecule has 2 spiro atoms. The summed E-state index contributed by atoms with van der Waals surface area (Å²) < 4.78 is 74.6. The first-order valence-corrected chi connectivity index (χ1v) is 40.9. The summed E-state index contributed by atoms with van der Waals surface area (Å²) >= 11 is 2.96. The summed E-state index contributed by atoms with van der Waals surface area (Å²) in [7, 11) is 7.06. The number of hydrogen-bond acceptors (Lipinski definition) is 32. The summed E-state index contributed by atoms with van der Waals surface area (Å²) in [5, 5.41) is 69.5. The van der Waals surface area contributed by atoms with E-state index in [0.717, 1.165) is 44.2 Å². The Bertz CT molecular complexity index is 5580. The van der Waals surface area contributed by atoms with Gasteiger partial charge in [0.2, 0.25) is 13.6 Å². The first-order valence-electron chi connectivity index (χ1n) is 38.8. The van der Waals surface area contributed by atoms with Crippen molar-refractivity contribution in [2.45, 2.75) is 161 Å². The van der Waals surface area contributed by atoms with Crippen molar-refractivity contribution in [1.29, 1.82) is 5.26 Å². The number of ether oxygens (including phenoxy) is 10.